The first-order valence-corrected chi connectivity index (χ1v) is 5.14. The summed E-state index contributed by atoms with van der Waals surface area (Å²) in [5.41, 5.74) is 6.13. The van der Waals surface area contributed by atoms with Crippen LogP contribution in [0, 0.1) is 11.8 Å². The third-order valence-corrected chi connectivity index (χ3v) is 3.17. The van der Waals surface area contributed by atoms with Crippen molar-refractivity contribution in [1.29, 1.82) is 0 Å². The molecule has 0 aromatic heterocycles. The van der Waals surface area contributed by atoms with Gasteiger partial charge in [0.25, 0.3) is 0 Å². The van der Waals surface area contributed by atoms with E-state index in [4.69, 9.17) is 5.73 Å². The summed E-state index contributed by atoms with van der Waals surface area (Å²) >= 11 is 0. The number of rotatable bonds is 3. The van der Waals surface area contributed by atoms with E-state index in [2.05, 4.69) is 13.5 Å². The van der Waals surface area contributed by atoms with Crippen LogP contribution in [-0.2, 0) is 0 Å². The predicted molar refractivity (Wildman–Crippen MR) is 53.9 cm³/mol. The van der Waals surface area contributed by atoms with Crippen LogP contribution in [0.2, 0.25) is 0 Å². The SMILES string of the molecule is C=C[C@H](C)[C@H](N)C1CCCCC1. The molecule has 0 aliphatic heterocycles. The van der Waals surface area contributed by atoms with Gasteiger partial charge in [0, 0.05) is 6.04 Å². The van der Waals surface area contributed by atoms with E-state index in [0.29, 0.717) is 12.0 Å². The molecular weight excluding hydrogens is 146 g/mol. The molecule has 0 amide bonds. The van der Waals surface area contributed by atoms with Crippen LogP contribution in [0.5, 0.6) is 0 Å². The second kappa shape index (κ2) is 4.66. The van der Waals surface area contributed by atoms with Gasteiger partial charge >= 0.3 is 0 Å². The highest BCUT2D eigenvalue weighted by atomic mass is 14.7. The topological polar surface area (TPSA) is 26.0 Å². The first-order chi connectivity index (χ1) is 5.75. The molecule has 1 fully saturated rings. The van der Waals surface area contributed by atoms with Crippen LogP contribution < -0.4 is 5.73 Å². The molecule has 0 aromatic carbocycles. The van der Waals surface area contributed by atoms with Gasteiger partial charge in [0.05, 0.1) is 0 Å². The molecule has 1 aliphatic carbocycles. The molecule has 1 heteroatoms. The Bertz CT molecular complexity index is 136. The van der Waals surface area contributed by atoms with Crippen molar-refractivity contribution in [2.45, 2.75) is 45.1 Å². The van der Waals surface area contributed by atoms with E-state index in [1.54, 1.807) is 0 Å². The Morgan fingerprint density at radius 1 is 1.33 bits per heavy atom. The van der Waals surface area contributed by atoms with Gasteiger partial charge in [-0.25, -0.2) is 0 Å². The fourth-order valence-corrected chi connectivity index (χ4v) is 2.11. The van der Waals surface area contributed by atoms with E-state index >= 15 is 0 Å². The van der Waals surface area contributed by atoms with Crippen molar-refractivity contribution in [3.8, 4) is 0 Å². The largest absolute Gasteiger partial charge is 0.327 e. The Kier molecular flexibility index (Phi) is 3.80. The van der Waals surface area contributed by atoms with Crippen molar-refractivity contribution in [3.63, 3.8) is 0 Å². The number of hydrogen-bond acceptors (Lipinski definition) is 1. The second-order valence-corrected chi connectivity index (χ2v) is 4.07. The third kappa shape index (κ3) is 2.34. The summed E-state index contributed by atoms with van der Waals surface area (Å²) in [5, 5.41) is 0. The molecule has 1 aliphatic rings. The minimum atomic E-state index is 0.350. The highest BCUT2D eigenvalue weighted by molar-refractivity contribution is 4.88. The molecule has 70 valence electrons. The quantitative estimate of drug-likeness (QED) is 0.643. The van der Waals surface area contributed by atoms with E-state index < -0.39 is 0 Å². The molecule has 2 N–H and O–H groups in total. The van der Waals surface area contributed by atoms with Crippen molar-refractivity contribution in [1.82, 2.24) is 0 Å². The summed E-state index contributed by atoms with van der Waals surface area (Å²) in [4.78, 5) is 0. The zero-order valence-corrected chi connectivity index (χ0v) is 8.13. The maximum absolute atomic E-state index is 6.13. The molecule has 0 heterocycles. The number of hydrogen-bond donors (Lipinski definition) is 1. The van der Waals surface area contributed by atoms with Gasteiger partial charge in [0.2, 0.25) is 0 Å². The molecule has 1 nitrogen and oxygen atoms in total. The molecule has 0 unspecified atom stereocenters. The molecule has 1 rings (SSSR count). The smallest absolute Gasteiger partial charge is 0.0128 e. The predicted octanol–water partition coefficient (Wildman–Crippen LogP) is 2.72. The lowest BCUT2D eigenvalue weighted by molar-refractivity contribution is 0.274. The fourth-order valence-electron chi connectivity index (χ4n) is 2.11. The molecule has 12 heavy (non-hydrogen) atoms. The van der Waals surface area contributed by atoms with Gasteiger partial charge in [-0.2, -0.15) is 0 Å². The zero-order valence-electron chi connectivity index (χ0n) is 8.13. The van der Waals surface area contributed by atoms with Crippen LogP contribution in [0.4, 0.5) is 0 Å². The van der Waals surface area contributed by atoms with Crippen molar-refractivity contribution >= 4 is 0 Å². The Morgan fingerprint density at radius 2 is 1.92 bits per heavy atom. The Morgan fingerprint density at radius 3 is 2.42 bits per heavy atom. The summed E-state index contributed by atoms with van der Waals surface area (Å²) in [6, 6.07) is 0.350. The Labute approximate surface area is 76.0 Å². The molecule has 0 bridgehead atoms. The minimum Gasteiger partial charge on any atom is -0.327 e. The van der Waals surface area contributed by atoms with E-state index in [1.165, 1.54) is 32.1 Å². The lowest BCUT2D eigenvalue weighted by Gasteiger charge is -2.30. The number of nitrogens with two attached hydrogens (primary N) is 1. The third-order valence-electron chi connectivity index (χ3n) is 3.17. The molecule has 0 aromatic rings. The van der Waals surface area contributed by atoms with E-state index in [0.717, 1.165) is 5.92 Å². The average molecular weight is 167 g/mol. The first kappa shape index (κ1) is 9.79. The molecule has 1 saturated carbocycles. The van der Waals surface area contributed by atoms with E-state index in [9.17, 15) is 0 Å². The fraction of sp³-hybridized carbons (Fsp3) is 0.818. The van der Waals surface area contributed by atoms with Crippen LogP contribution in [0.25, 0.3) is 0 Å². The van der Waals surface area contributed by atoms with Gasteiger partial charge in [-0.15, -0.1) is 6.58 Å². The van der Waals surface area contributed by atoms with Gasteiger partial charge in [0.15, 0.2) is 0 Å². The average Bonchev–Trinajstić information content (AvgIpc) is 2.17. The van der Waals surface area contributed by atoms with Gasteiger partial charge in [-0.05, 0) is 24.7 Å². The van der Waals surface area contributed by atoms with Crippen molar-refractivity contribution in [2.75, 3.05) is 0 Å². The van der Waals surface area contributed by atoms with Crippen LogP contribution >= 0.6 is 0 Å². The molecule has 0 radical (unpaired) electrons. The summed E-state index contributed by atoms with van der Waals surface area (Å²) in [5.74, 6) is 1.24. The van der Waals surface area contributed by atoms with Crippen molar-refractivity contribution < 1.29 is 0 Å². The van der Waals surface area contributed by atoms with Gasteiger partial charge < -0.3 is 5.73 Å². The van der Waals surface area contributed by atoms with Gasteiger partial charge in [-0.3, -0.25) is 0 Å². The molecule has 0 saturated heterocycles. The van der Waals surface area contributed by atoms with Crippen LogP contribution in [0.3, 0.4) is 0 Å². The lowest BCUT2D eigenvalue weighted by atomic mass is 9.80. The summed E-state index contributed by atoms with van der Waals surface area (Å²) in [6.45, 7) is 5.97. The summed E-state index contributed by atoms with van der Waals surface area (Å²) < 4.78 is 0. The van der Waals surface area contributed by atoms with E-state index in [-0.39, 0.29) is 0 Å². The maximum Gasteiger partial charge on any atom is 0.0128 e. The highest BCUT2D eigenvalue weighted by Gasteiger charge is 2.22. The van der Waals surface area contributed by atoms with Crippen LogP contribution in [-0.4, -0.2) is 6.04 Å². The lowest BCUT2D eigenvalue weighted by Crippen LogP contribution is -2.36. The summed E-state index contributed by atoms with van der Waals surface area (Å²) in [7, 11) is 0. The molecule has 0 spiro atoms. The molecule has 2 atom stereocenters. The zero-order chi connectivity index (χ0) is 8.97. The van der Waals surface area contributed by atoms with Crippen LogP contribution in [0.15, 0.2) is 12.7 Å². The first-order valence-electron chi connectivity index (χ1n) is 5.14. The molecular formula is C11H21N. The Hall–Kier alpha value is -0.300. The minimum absolute atomic E-state index is 0.350. The Balaban J connectivity index is 2.38. The monoisotopic (exact) mass is 167 g/mol. The van der Waals surface area contributed by atoms with Crippen molar-refractivity contribution in [3.05, 3.63) is 12.7 Å². The van der Waals surface area contributed by atoms with Gasteiger partial charge in [0.1, 0.15) is 0 Å². The van der Waals surface area contributed by atoms with Crippen molar-refractivity contribution in [2.24, 2.45) is 17.6 Å². The van der Waals surface area contributed by atoms with Crippen LogP contribution in [0.1, 0.15) is 39.0 Å². The second-order valence-electron chi connectivity index (χ2n) is 4.07. The van der Waals surface area contributed by atoms with Gasteiger partial charge in [-0.1, -0.05) is 32.3 Å². The highest BCUT2D eigenvalue weighted by Crippen LogP contribution is 2.28. The van der Waals surface area contributed by atoms with E-state index in [1.807, 2.05) is 6.08 Å². The standard InChI is InChI=1S/C11H21N/c1-3-9(2)11(12)10-7-5-4-6-8-10/h3,9-11H,1,4-8,12H2,2H3/t9-,11-/m0/s1. The summed E-state index contributed by atoms with van der Waals surface area (Å²) in [6.07, 6.45) is 8.81. The maximum atomic E-state index is 6.13. The normalized spacial score (nSPS) is 24.8.